The van der Waals surface area contributed by atoms with E-state index in [-0.39, 0.29) is 16.9 Å². The first-order valence-electron chi connectivity index (χ1n) is 10.1. The molecule has 30 heavy (non-hydrogen) atoms. The minimum atomic E-state index is -3.62. The van der Waals surface area contributed by atoms with Gasteiger partial charge >= 0.3 is 0 Å². The summed E-state index contributed by atoms with van der Waals surface area (Å²) in [5, 5.41) is 16.9. The highest BCUT2D eigenvalue weighted by Crippen LogP contribution is 2.34. The first-order valence-corrected chi connectivity index (χ1v) is 11.5. The number of benzene rings is 2. The number of hydrogen-bond acceptors (Lipinski definition) is 5. The molecule has 1 fully saturated rings. The number of anilines is 1. The van der Waals surface area contributed by atoms with Crippen LogP contribution in [-0.4, -0.2) is 24.7 Å². The Morgan fingerprint density at radius 2 is 1.83 bits per heavy atom. The normalized spacial score (nSPS) is 19.6. The van der Waals surface area contributed by atoms with Gasteiger partial charge in [0.2, 0.25) is 10.0 Å². The standard InChI is InChI=1S/C22H25N5O2S/c1-13-11-17(30(28,29)27-16-5-3-15(12-23)4-6-16)7-8-18(13)19-9-10-20-21(14(19)2)22(24)26-25-20/h7-11,15-16,27H,3-6H2,1-2H3,(H3,24,25,26). The lowest BCUT2D eigenvalue weighted by Gasteiger charge is -2.25. The molecular formula is C22H25N5O2S. The zero-order valence-corrected chi connectivity index (χ0v) is 17.9. The lowest BCUT2D eigenvalue weighted by molar-refractivity contribution is 0.361. The molecule has 0 radical (unpaired) electrons. The third kappa shape index (κ3) is 3.66. The van der Waals surface area contributed by atoms with Crippen LogP contribution < -0.4 is 10.5 Å². The average Bonchev–Trinajstić information content (AvgIpc) is 3.10. The zero-order chi connectivity index (χ0) is 21.5. The monoisotopic (exact) mass is 423 g/mol. The zero-order valence-electron chi connectivity index (χ0n) is 17.1. The second kappa shape index (κ2) is 7.74. The van der Waals surface area contributed by atoms with Crippen LogP contribution in [0, 0.1) is 31.1 Å². The topological polar surface area (TPSA) is 125 Å². The van der Waals surface area contributed by atoms with Gasteiger partial charge in [-0.3, -0.25) is 5.10 Å². The molecular weight excluding hydrogens is 398 g/mol. The molecule has 0 atom stereocenters. The van der Waals surface area contributed by atoms with Crippen molar-refractivity contribution in [2.75, 3.05) is 5.73 Å². The predicted molar refractivity (Wildman–Crippen MR) is 117 cm³/mol. The molecule has 1 aromatic heterocycles. The van der Waals surface area contributed by atoms with Crippen molar-refractivity contribution >= 4 is 26.7 Å². The Bertz CT molecular complexity index is 1250. The summed E-state index contributed by atoms with van der Waals surface area (Å²) in [5.41, 5.74) is 10.7. The van der Waals surface area contributed by atoms with Crippen LogP contribution in [0.25, 0.3) is 22.0 Å². The molecule has 0 amide bonds. The fourth-order valence-electron chi connectivity index (χ4n) is 4.34. The van der Waals surface area contributed by atoms with Gasteiger partial charge in [-0.05, 0) is 80.0 Å². The van der Waals surface area contributed by atoms with Crippen molar-refractivity contribution in [2.24, 2.45) is 5.92 Å². The lowest BCUT2D eigenvalue weighted by Crippen LogP contribution is -2.37. The van der Waals surface area contributed by atoms with Crippen LogP contribution >= 0.6 is 0 Å². The van der Waals surface area contributed by atoms with Gasteiger partial charge in [0.1, 0.15) is 0 Å². The predicted octanol–water partition coefficient (Wildman–Crippen LogP) is 3.79. The Morgan fingerprint density at radius 1 is 1.13 bits per heavy atom. The number of aromatic amines is 1. The van der Waals surface area contributed by atoms with Gasteiger partial charge in [0.25, 0.3) is 0 Å². The summed E-state index contributed by atoms with van der Waals surface area (Å²) in [5.74, 6) is 0.494. The van der Waals surface area contributed by atoms with E-state index in [9.17, 15) is 8.42 Å². The van der Waals surface area contributed by atoms with Gasteiger partial charge in [-0.15, -0.1) is 0 Å². The molecule has 1 aliphatic carbocycles. The van der Waals surface area contributed by atoms with E-state index < -0.39 is 10.0 Å². The van der Waals surface area contributed by atoms with Crippen LogP contribution in [0.2, 0.25) is 0 Å². The highest BCUT2D eigenvalue weighted by Gasteiger charge is 2.26. The van der Waals surface area contributed by atoms with Crippen LogP contribution in [0.1, 0.15) is 36.8 Å². The van der Waals surface area contributed by atoms with E-state index in [1.165, 1.54) is 0 Å². The van der Waals surface area contributed by atoms with Crippen LogP contribution in [0.3, 0.4) is 0 Å². The van der Waals surface area contributed by atoms with Crippen LogP contribution in [0.4, 0.5) is 5.82 Å². The van der Waals surface area contributed by atoms with Gasteiger partial charge in [-0.25, -0.2) is 13.1 Å². The van der Waals surface area contributed by atoms with E-state index in [0.717, 1.165) is 46.0 Å². The molecule has 1 aliphatic rings. The number of fused-ring (bicyclic) bond motifs is 1. The Kier molecular flexibility index (Phi) is 5.26. The van der Waals surface area contributed by atoms with Crippen molar-refractivity contribution in [1.29, 1.82) is 5.26 Å². The van der Waals surface area contributed by atoms with Gasteiger partial charge in [0, 0.05) is 17.3 Å². The van der Waals surface area contributed by atoms with Crippen molar-refractivity contribution < 1.29 is 8.42 Å². The van der Waals surface area contributed by atoms with Gasteiger partial charge in [0.05, 0.1) is 16.5 Å². The summed E-state index contributed by atoms with van der Waals surface area (Å²) in [6.07, 6.45) is 2.86. The molecule has 156 valence electrons. The molecule has 8 heteroatoms. The summed E-state index contributed by atoms with van der Waals surface area (Å²) in [7, 11) is -3.62. The number of nitrogens with one attached hydrogen (secondary N) is 2. The quantitative estimate of drug-likeness (QED) is 0.589. The minimum absolute atomic E-state index is 0.0390. The number of nitriles is 1. The Labute approximate surface area is 176 Å². The minimum Gasteiger partial charge on any atom is -0.382 e. The summed E-state index contributed by atoms with van der Waals surface area (Å²) in [6.45, 7) is 3.90. The van der Waals surface area contributed by atoms with E-state index in [0.29, 0.717) is 18.7 Å². The maximum Gasteiger partial charge on any atom is 0.240 e. The highest BCUT2D eigenvalue weighted by molar-refractivity contribution is 7.89. The smallest absolute Gasteiger partial charge is 0.240 e. The van der Waals surface area contributed by atoms with E-state index >= 15 is 0 Å². The number of sulfonamides is 1. The molecule has 0 aliphatic heterocycles. The first kappa shape index (κ1) is 20.4. The maximum atomic E-state index is 12.9. The summed E-state index contributed by atoms with van der Waals surface area (Å²) < 4.78 is 28.6. The van der Waals surface area contributed by atoms with Crippen molar-refractivity contribution in [2.45, 2.75) is 50.5 Å². The molecule has 0 bridgehead atoms. The molecule has 1 saturated carbocycles. The number of H-pyrrole nitrogens is 1. The second-order valence-corrected chi connectivity index (χ2v) is 9.76. The fourth-order valence-corrected chi connectivity index (χ4v) is 5.73. The van der Waals surface area contributed by atoms with Gasteiger partial charge in [-0.2, -0.15) is 10.4 Å². The van der Waals surface area contributed by atoms with Gasteiger partial charge in [-0.1, -0.05) is 12.1 Å². The Balaban J connectivity index is 1.61. The maximum absolute atomic E-state index is 12.9. The largest absolute Gasteiger partial charge is 0.382 e. The molecule has 2 aromatic carbocycles. The molecule has 4 N–H and O–H groups in total. The second-order valence-electron chi connectivity index (χ2n) is 8.05. The lowest BCUT2D eigenvalue weighted by atomic mass is 9.88. The van der Waals surface area contributed by atoms with Crippen LogP contribution in [-0.2, 0) is 10.0 Å². The molecule has 0 saturated heterocycles. The van der Waals surface area contributed by atoms with E-state index in [2.05, 4.69) is 21.0 Å². The van der Waals surface area contributed by atoms with Crippen LogP contribution in [0.15, 0.2) is 35.2 Å². The number of nitrogens with zero attached hydrogens (tertiary/aromatic N) is 2. The SMILES string of the molecule is Cc1cc(S(=O)(=O)NC2CCC(C#N)CC2)ccc1-c1ccc2[nH]nc(N)c2c1C. The number of rotatable bonds is 4. The van der Waals surface area contributed by atoms with E-state index in [1.807, 2.05) is 32.0 Å². The van der Waals surface area contributed by atoms with Gasteiger partial charge in [0.15, 0.2) is 5.82 Å². The van der Waals surface area contributed by atoms with Crippen LogP contribution in [0.5, 0.6) is 0 Å². The Morgan fingerprint density at radius 3 is 2.50 bits per heavy atom. The molecule has 3 aromatic rings. The number of nitrogen functional groups attached to an aromatic ring is 1. The van der Waals surface area contributed by atoms with Gasteiger partial charge < -0.3 is 5.73 Å². The number of nitrogens with two attached hydrogens (primary N) is 1. The van der Waals surface area contributed by atoms with Crippen molar-refractivity contribution in [3.05, 3.63) is 41.5 Å². The molecule has 4 rings (SSSR count). The highest BCUT2D eigenvalue weighted by atomic mass is 32.2. The number of hydrogen-bond donors (Lipinski definition) is 3. The number of aryl methyl sites for hydroxylation is 2. The first-order chi connectivity index (χ1) is 14.3. The third-order valence-electron chi connectivity index (χ3n) is 6.05. The Hall–Kier alpha value is -2.89. The molecule has 0 unspecified atom stereocenters. The number of aromatic nitrogens is 2. The summed E-state index contributed by atoms with van der Waals surface area (Å²) in [4.78, 5) is 0.257. The fraction of sp³-hybridized carbons (Fsp3) is 0.364. The average molecular weight is 424 g/mol. The van der Waals surface area contributed by atoms with E-state index in [1.54, 1.807) is 12.1 Å². The van der Waals surface area contributed by atoms with Crippen molar-refractivity contribution in [1.82, 2.24) is 14.9 Å². The van der Waals surface area contributed by atoms with E-state index in [4.69, 9.17) is 11.0 Å². The van der Waals surface area contributed by atoms with Crippen molar-refractivity contribution in [3.63, 3.8) is 0 Å². The third-order valence-corrected chi connectivity index (χ3v) is 7.57. The molecule has 7 nitrogen and oxygen atoms in total. The van der Waals surface area contributed by atoms with Crippen molar-refractivity contribution in [3.8, 4) is 17.2 Å². The molecule has 1 heterocycles. The summed E-state index contributed by atoms with van der Waals surface area (Å²) in [6, 6.07) is 11.3. The molecule has 0 spiro atoms. The summed E-state index contributed by atoms with van der Waals surface area (Å²) >= 11 is 0.